The van der Waals surface area contributed by atoms with Gasteiger partial charge in [-0.2, -0.15) is 5.26 Å². The van der Waals surface area contributed by atoms with Gasteiger partial charge in [0.1, 0.15) is 18.4 Å². The molecule has 1 unspecified atom stereocenters. The van der Waals surface area contributed by atoms with E-state index in [4.69, 9.17) is 14.7 Å². The van der Waals surface area contributed by atoms with Gasteiger partial charge in [-0.05, 0) is 36.8 Å². The second-order valence-corrected chi connectivity index (χ2v) is 4.48. The molecule has 21 heavy (non-hydrogen) atoms. The molecule has 0 fully saturated rings. The molecule has 4 heteroatoms. The van der Waals surface area contributed by atoms with Crippen LogP contribution in [0, 0.1) is 11.3 Å². The van der Waals surface area contributed by atoms with Crippen molar-refractivity contribution < 1.29 is 14.3 Å². The lowest BCUT2D eigenvalue weighted by Crippen LogP contribution is -2.12. The molecule has 0 aliphatic carbocycles. The molecule has 0 bridgehead atoms. The molecule has 1 atom stereocenters. The molecule has 2 aromatic rings. The van der Waals surface area contributed by atoms with Gasteiger partial charge in [0.05, 0.1) is 5.56 Å². The van der Waals surface area contributed by atoms with Gasteiger partial charge in [-0.25, -0.2) is 4.79 Å². The molecule has 4 nitrogen and oxygen atoms in total. The standard InChI is InChI=1S/C17H15NO3/c1-13(11-18)21-17(19)15-7-9-16(10-8-15)20-12-14-5-3-2-4-6-14/h2-10,13H,12H2,1H3. The molecular weight excluding hydrogens is 266 g/mol. The molecule has 0 radical (unpaired) electrons. The maximum absolute atomic E-state index is 11.7. The Labute approximate surface area is 123 Å². The van der Waals surface area contributed by atoms with E-state index in [-0.39, 0.29) is 0 Å². The van der Waals surface area contributed by atoms with Gasteiger partial charge < -0.3 is 9.47 Å². The lowest BCUT2D eigenvalue weighted by atomic mass is 10.2. The van der Waals surface area contributed by atoms with E-state index in [9.17, 15) is 4.79 Å². The quantitative estimate of drug-likeness (QED) is 0.789. The molecule has 2 aromatic carbocycles. The zero-order valence-corrected chi connectivity index (χ0v) is 11.7. The highest BCUT2D eigenvalue weighted by molar-refractivity contribution is 5.89. The number of ether oxygens (including phenoxy) is 2. The van der Waals surface area contributed by atoms with Crippen molar-refractivity contribution in [2.45, 2.75) is 19.6 Å². The van der Waals surface area contributed by atoms with Crippen LogP contribution in [0.3, 0.4) is 0 Å². The normalized spacial score (nSPS) is 11.2. The fourth-order valence-electron chi connectivity index (χ4n) is 1.68. The maximum atomic E-state index is 11.7. The maximum Gasteiger partial charge on any atom is 0.339 e. The number of carbonyl (C=O) groups excluding carboxylic acids is 1. The van der Waals surface area contributed by atoms with Gasteiger partial charge >= 0.3 is 5.97 Å². The van der Waals surface area contributed by atoms with Crippen LogP contribution >= 0.6 is 0 Å². The molecule has 0 spiro atoms. The summed E-state index contributed by atoms with van der Waals surface area (Å²) in [5, 5.41) is 8.61. The van der Waals surface area contributed by atoms with Crippen LogP contribution in [0.4, 0.5) is 0 Å². The molecule has 0 aliphatic rings. The molecule has 2 rings (SSSR count). The first kappa shape index (κ1) is 14.6. The van der Waals surface area contributed by atoms with Crippen molar-refractivity contribution in [1.29, 1.82) is 5.26 Å². The number of hydrogen-bond donors (Lipinski definition) is 0. The summed E-state index contributed by atoms with van der Waals surface area (Å²) in [5.74, 6) is 0.155. The largest absolute Gasteiger partial charge is 0.489 e. The van der Waals surface area contributed by atoms with Crippen LogP contribution in [0.15, 0.2) is 54.6 Å². The number of hydrogen-bond acceptors (Lipinski definition) is 4. The Bertz CT molecular complexity index is 629. The molecule has 0 amide bonds. The van der Waals surface area contributed by atoms with Crippen LogP contribution in [0.5, 0.6) is 5.75 Å². The van der Waals surface area contributed by atoms with E-state index in [1.54, 1.807) is 24.3 Å². The number of rotatable bonds is 5. The van der Waals surface area contributed by atoms with Crippen LogP contribution < -0.4 is 4.74 Å². The molecule has 0 N–H and O–H groups in total. The predicted octanol–water partition coefficient (Wildman–Crippen LogP) is 3.33. The highest BCUT2D eigenvalue weighted by Gasteiger charge is 2.11. The van der Waals surface area contributed by atoms with E-state index >= 15 is 0 Å². The summed E-state index contributed by atoms with van der Waals surface area (Å²) in [6.45, 7) is 1.99. The minimum absolute atomic E-state index is 0.393. The molecule has 0 saturated heterocycles. The number of benzene rings is 2. The first-order valence-electron chi connectivity index (χ1n) is 6.56. The van der Waals surface area contributed by atoms with E-state index in [2.05, 4.69) is 0 Å². The highest BCUT2D eigenvalue weighted by atomic mass is 16.5. The Morgan fingerprint density at radius 1 is 1.14 bits per heavy atom. The number of nitrogens with zero attached hydrogens (tertiary/aromatic N) is 1. The van der Waals surface area contributed by atoms with Gasteiger partial charge in [-0.1, -0.05) is 30.3 Å². The van der Waals surface area contributed by atoms with Crippen LogP contribution in [0.2, 0.25) is 0 Å². The monoisotopic (exact) mass is 281 g/mol. The first-order chi connectivity index (χ1) is 10.2. The molecule has 0 aliphatic heterocycles. The number of nitriles is 1. The summed E-state index contributed by atoms with van der Waals surface area (Å²) in [5.41, 5.74) is 1.47. The zero-order chi connectivity index (χ0) is 15.1. The summed E-state index contributed by atoms with van der Waals surface area (Å²) in [6.07, 6.45) is -0.758. The smallest absolute Gasteiger partial charge is 0.339 e. The highest BCUT2D eigenvalue weighted by Crippen LogP contribution is 2.15. The Morgan fingerprint density at radius 3 is 2.43 bits per heavy atom. The van der Waals surface area contributed by atoms with Crippen molar-refractivity contribution in [3.63, 3.8) is 0 Å². The summed E-state index contributed by atoms with van der Waals surface area (Å²) < 4.78 is 10.5. The minimum Gasteiger partial charge on any atom is -0.489 e. The summed E-state index contributed by atoms with van der Waals surface area (Å²) >= 11 is 0. The second-order valence-electron chi connectivity index (χ2n) is 4.48. The first-order valence-corrected chi connectivity index (χ1v) is 6.56. The average molecular weight is 281 g/mol. The SMILES string of the molecule is CC(C#N)OC(=O)c1ccc(OCc2ccccc2)cc1. The third kappa shape index (κ3) is 4.36. The van der Waals surface area contributed by atoms with E-state index < -0.39 is 12.1 Å². The van der Waals surface area contributed by atoms with Gasteiger partial charge in [0.2, 0.25) is 0 Å². The topological polar surface area (TPSA) is 59.3 Å². The van der Waals surface area contributed by atoms with Crippen molar-refractivity contribution in [3.05, 3.63) is 65.7 Å². The minimum atomic E-state index is -0.758. The van der Waals surface area contributed by atoms with Gasteiger partial charge in [-0.3, -0.25) is 0 Å². The van der Waals surface area contributed by atoms with Gasteiger partial charge in [-0.15, -0.1) is 0 Å². The zero-order valence-electron chi connectivity index (χ0n) is 11.7. The summed E-state index contributed by atoms with van der Waals surface area (Å²) in [7, 11) is 0. The molecular formula is C17H15NO3. The van der Waals surface area contributed by atoms with Gasteiger partial charge in [0.25, 0.3) is 0 Å². The Balaban J connectivity index is 1.93. The van der Waals surface area contributed by atoms with Crippen LogP contribution in [-0.2, 0) is 11.3 Å². The third-order valence-electron chi connectivity index (χ3n) is 2.80. The molecule has 106 valence electrons. The Hall–Kier alpha value is -2.80. The fourth-order valence-corrected chi connectivity index (χ4v) is 1.68. The van der Waals surface area contributed by atoms with E-state index in [1.807, 2.05) is 36.4 Å². The number of esters is 1. The van der Waals surface area contributed by atoms with E-state index in [1.165, 1.54) is 6.92 Å². The third-order valence-corrected chi connectivity index (χ3v) is 2.80. The summed E-state index contributed by atoms with van der Waals surface area (Å²) in [4.78, 5) is 11.7. The predicted molar refractivity (Wildman–Crippen MR) is 77.7 cm³/mol. The van der Waals surface area contributed by atoms with E-state index in [0.717, 1.165) is 5.56 Å². The van der Waals surface area contributed by atoms with Gasteiger partial charge in [0.15, 0.2) is 6.10 Å². The second kappa shape index (κ2) is 7.11. The van der Waals surface area contributed by atoms with Gasteiger partial charge in [0, 0.05) is 0 Å². The average Bonchev–Trinajstić information content (AvgIpc) is 2.54. The number of carbonyl (C=O) groups is 1. The molecule has 0 saturated carbocycles. The van der Waals surface area contributed by atoms with Crippen molar-refractivity contribution in [2.75, 3.05) is 0 Å². The molecule has 0 aromatic heterocycles. The van der Waals surface area contributed by atoms with Crippen LogP contribution in [0.25, 0.3) is 0 Å². The van der Waals surface area contributed by atoms with Crippen LogP contribution in [0.1, 0.15) is 22.8 Å². The van der Waals surface area contributed by atoms with Crippen molar-refractivity contribution in [1.82, 2.24) is 0 Å². The lowest BCUT2D eigenvalue weighted by Gasteiger charge is -2.08. The summed E-state index contributed by atoms with van der Waals surface area (Å²) in [6, 6.07) is 18.3. The Kier molecular flexibility index (Phi) is 4.94. The van der Waals surface area contributed by atoms with Crippen LogP contribution in [-0.4, -0.2) is 12.1 Å². The fraction of sp³-hybridized carbons (Fsp3) is 0.176. The van der Waals surface area contributed by atoms with Crippen molar-refractivity contribution >= 4 is 5.97 Å². The molecule has 0 heterocycles. The Morgan fingerprint density at radius 2 is 1.81 bits per heavy atom. The lowest BCUT2D eigenvalue weighted by molar-refractivity contribution is 0.0435. The van der Waals surface area contributed by atoms with E-state index in [0.29, 0.717) is 17.9 Å². The van der Waals surface area contributed by atoms with Crippen molar-refractivity contribution in [2.24, 2.45) is 0 Å². The van der Waals surface area contributed by atoms with Crippen molar-refractivity contribution in [3.8, 4) is 11.8 Å².